The lowest BCUT2D eigenvalue weighted by molar-refractivity contribution is -0.349. The molecule has 0 bridgehead atoms. The largest absolute Gasteiger partial charge is 0.394 e. The van der Waals surface area contributed by atoms with Crippen molar-refractivity contribution in [2.75, 3.05) is 13.2 Å². The Morgan fingerprint density at radius 1 is 0.778 bits per heavy atom. The number of aryl methyl sites for hydroxylation is 1. The van der Waals surface area contributed by atoms with Crippen molar-refractivity contribution in [2.24, 2.45) is 28.0 Å². The highest BCUT2D eigenvalue weighted by Crippen LogP contribution is 2.41. The fourth-order valence-corrected chi connectivity index (χ4v) is 8.06. The minimum Gasteiger partial charge on any atom is -0.394 e. The Kier molecular flexibility index (Phi) is 16.7. The average Bonchev–Trinajstić information content (AvgIpc) is 3.16. The summed E-state index contributed by atoms with van der Waals surface area (Å²) in [5.41, 5.74) is 20.0. The molecule has 15 atom stereocenters. The number of hydrogen-bond donors (Lipinski definition) is 3. The molecule has 18 heteroatoms. The van der Waals surface area contributed by atoms with Crippen LogP contribution in [0, 0.1) is 24.7 Å². The van der Waals surface area contributed by atoms with Crippen LogP contribution >= 0.6 is 11.8 Å². The van der Waals surface area contributed by atoms with Gasteiger partial charge in [0.25, 0.3) is 0 Å². The number of thioether (sulfide) groups is 1. The molecule has 3 heterocycles. The van der Waals surface area contributed by atoms with Gasteiger partial charge in [0.05, 0.1) is 50.3 Å². The maximum absolute atomic E-state index is 11.7. The van der Waals surface area contributed by atoms with E-state index >= 15 is 0 Å². The number of rotatable bonds is 13. The van der Waals surface area contributed by atoms with Gasteiger partial charge in [-0.3, -0.25) is 0 Å². The van der Waals surface area contributed by atoms with Gasteiger partial charge in [0.2, 0.25) is 0 Å². The summed E-state index contributed by atoms with van der Waals surface area (Å²) in [5, 5.41) is 40.0. The minimum atomic E-state index is -1.37. The van der Waals surface area contributed by atoms with E-state index in [0.717, 1.165) is 16.0 Å². The summed E-state index contributed by atoms with van der Waals surface area (Å²) < 4.78 is 38.3. The van der Waals surface area contributed by atoms with Crippen LogP contribution in [0.5, 0.6) is 0 Å². The van der Waals surface area contributed by atoms with Crippen molar-refractivity contribution in [2.45, 2.75) is 119 Å². The maximum Gasteiger partial charge on any atom is 0.373 e. The summed E-state index contributed by atoms with van der Waals surface area (Å²) in [6.07, 6.45) is -7.87. The number of ether oxygens (including phenoxy) is 6. The van der Waals surface area contributed by atoms with E-state index in [1.807, 2.05) is 82.3 Å². The number of benzene rings is 2. The summed E-state index contributed by atoms with van der Waals surface area (Å²) >= 11 is 1.28. The van der Waals surface area contributed by atoms with E-state index in [-0.39, 0.29) is 31.2 Å². The van der Waals surface area contributed by atoms with Gasteiger partial charge in [-0.05, 0) is 54.4 Å². The lowest BCUT2D eigenvalue weighted by Gasteiger charge is -2.50. The van der Waals surface area contributed by atoms with Crippen LogP contribution in [0.1, 0.15) is 38.8 Å². The quantitative estimate of drug-likeness (QED) is 0.143. The molecule has 2 aromatic rings. The molecule has 0 aromatic heterocycles. The van der Waals surface area contributed by atoms with Crippen LogP contribution < -0.4 is 0 Å². The molecule has 3 N–H and O–H groups in total. The first-order chi connectivity index (χ1) is 26.0. The summed E-state index contributed by atoms with van der Waals surface area (Å²) in [5.74, 6) is -0.643. The molecule has 3 aliphatic heterocycles. The van der Waals surface area contributed by atoms with Crippen LogP contribution in [0.2, 0.25) is 0 Å². The third-order valence-electron chi connectivity index (χ3n) is 10.2. The topological polar surface area (TPSA) is 248 Å². The Balaban J connectivity index is 0.00000209. The molecule has 5 rings (SSSR count). The summed E-state index contributed by atoms with van der Waals surface area (Å²) in [4.78, 5) is 23.1. The van der Waals surface area contributed by atoms with Crippen molar-refractivity contribution in [3.63, 3.8) is 0 Å². The predicted octanol–water partition coefficient (Wildman–Crippen LogP) is 4.67. The molecule has 0 spiro atoms. The predicted molar refractivity (Wildman–Crippen MR) is 192 cm³/mol. The van der Waals surface area contributed by atoms with Crippen molar-refractivity contribution in [3.8, 4) is 0 Å². The molecule has 3 saturated heterocycles. The van der Waals surface area contributed by atoms with E-state index in [1.165, 1.54) is 11.8 Å². The van der Waals surface area contributed by atoms with Crippen LogP contribution in [-0.2, 0) is 44.6 Å². The average molecular weight is 773 g/mol. The molecule has 0 amide bonds. The minimum absolute atomic E-state index is 0.0878. The highest BCUT2D eigenvalue weighted by Gasteiger charge is 2.52. The van der Waals surface area contributed by atoms with Gasteiger partial charge < -0.3 is 43.7 Å². The molecule has 3 fully saturated rings. The Hall–Kier alpha value is -3.57. The fraction of sp³-hybridized carbons (Fsp3) is 0.639. The number of azide groups is 2. The zero-order valence-electron chi connectivity index (χ0n) is 30.7. The molecule has 54 heavy (non-hydrogen) atoms. The zero-order chi connectivity index (χ0) is 39.4. The van der Waals surface area contributed by atoms with Crippen LogP contribution in [-0.4, -0.2) is 108 Å². The van der Waals surface area contributed by atoms with Crippen molar-refractivity contribution < 1.29 is 53.3 Å². The summed E-state index contributed by atoms with van der Waals surface area (Å²) in [7, 11) is 0. The SMILES string of the molecule is Cc1ccc(SC2OC(CO)[C@@H](O[C@@H]3OC(C)[C@@H](O[C@H]4OC(CO)[C@@H](C)[C@H](C)C4N=[N+]=[N-])[C@H](C)C3OCc3ccccc3)[C@H](O)C2N=[N+]=[N-])cc1.O=C=O. The van der Waals surface area contributed by atoms with Gasteiger partial charge >= 0.3 is 6.15 Å². The van der Waals surface area contributed by atoms with Crippen molar-refractivity contribution >= 4 is 17.9 Å². The molecule has 0 radical (unpaired) electrons. The maximum atomic E-state index is 11.7. The first kappa shape index (κ1) is 43.2. The van der Waals surface area contributed by atoms with Gasteiger partial charge in [0, 0.05) is 20.6 Å². The smallest absolute Gasteiger partial charge is 0.373 e. The van der Waals surface area contributed by atoms with Gasteiger partial charge in [0.1, 0.15) is 29.8 Å². The van der Waals surface area contributed by atoms with E-state index in [9.17, 15) is 26.4 Å². The van der Waals surface area contributed by atoms with Crippen molar-refractivity contribution in [1.29, 1.82) is 0 Å². The van der Waals surface area contributed by atoms with Crippen molar-refractivity contribution in [3.05, 3.63) is 86.6 Å². The van der Waals surface area contributed by atoms with Crippen LogP contribution in [0.15, 0.2) is 69.7 Å². The molecule has 2 aromatic carbocycles. The second-order valence-electron chi connectivity index (χ2n) is 13.6. The monoisotopic (exact) mass is 772 g/mol. The van der Waals surface area contributed by atoms with E-state index in [1.54, 1.807) is 6.92 Å². The molecular weight excluding hydrogens is 724 g/mol. The number of aliphatic hydroxyl groups excluding tert-OH is 3. The zero-order valence-corrected chi connectivity index (χ0v) is 31.5. The normalized spacial score (nSPS) is 36.3. The highest BCUT2D eigenvalue weighted by atomic mass is 32.2. The Labute approximate surface area is 317 Å². The van der Waals surface area contributed by atoms with Gasteiger partial charge in [-0.2, -0.15) is 9.59 Å². The number of hydrogen-bond acceptors (Lipinski definition) is 14. The Bertz CT molecular complexity index is 1600. The van der Waals surface area contributed by atoms with Crippen LogP contribution in [0.25, 0.3) is 20.9 Å². The summed E-state index contributed by atoms with van der Waals surface area (Å²) in [6, 6.07) is 15.5. The fourth-order valence-electron chi connectivity index (χ4n) is 6.95. The highest BCUT2D eigenvalue weighted by molar-refractivity contribution is 7.99. The lowest BCUT2D eigenvalue weighted by Crippen LogP contribution is -2.63. The van der Waals surface area contributed by atoms with E-state index in [4.69, 9.17) is 38.0 Å². The van der Waals surface area contributed by atoms with E-state index < -0.39 is 85.4 Å². The second kappa shape index (κ2) is 20.9. The van der Waals surface area contributed by atoms with Crippen LogP contribution in [0.4, 0.5) is 0 Å². The van der Waals surface area contributed by atoms with Crippen molar-refractivity contribution in [1.82, 2.24) is 0 Å². The molecular formula is C36H48N6O11S. The number of nitrogens with zero attached hydrogens (tertiary/aromatic N) is 6. The number of carbonyl (C=O) groups excluding carboxylic acids is 2. The first-order valence-electron chi connectivity index (χ1n) is 17.6. The number of aliphatic hydroxyl groups is 3. The first-order valence-corrected chi connectivity index (χ1v) is 18.5. The standard InChI is InChI=1S/C35H48N6O9S.CO2/c1-18-11-13-24(14-12-18)51-35-28(39-41-37)29(44)32(26(16-43)48-35)50-34-31(45-17-23-9-7-6-8-10-23)21(4)30(22(5)46-34)49-33-27(38-40-36)20(3)19(2)25(15-42)47-33;2-1-3/h6-14,19-22,25-35,42-44H,15-17H2,1-5H3;/t19-,20-,21-,22?,25?,26?,27?,28?,29+,30-,31?,32+,33+,34-,35?;/m0./s1. The molecule has 294 valence electrons. The van der Waals surface area contributed by atoms with Gasteiger partial charge in [-0.1, -0.05) is 90.8 Å². The lowest BCUT2D eigenvalue weighted by atomic mass is 9.82. The van der Waals surface area contributed by atoms with Gasteiger partial charge in [-0.15, -0.1) is 0 Å². The molecule has 0 saturated carbocycles. The molecule has 17 nitrogen and oxygen atoms in total. The molecule has 7 unspecified atom stereocenters. The Morgan fingerprint density at radius 3 is 2.00 bits per heavy atom. The molecule has 0 aliphatic carbocycles. The second-order valence-corrected chi connectivity index (χ2v) is 14.8. The Morgan fingerprint density at radius 2 is 1.39 bits per heavy atom. The van der Waals surface area contributed by atoms with Crippen LogP contribution in [0.3, 0.4) is 0 Å². The molecule has 3 aliphatic rings. The third-order valence-corrected chi connectivity index (χ3v) is 11.3. The van der Waals surface area contributed by atoms with Gasteiger partial charge in [-0.25, -0.2) is 0 Å². The summed E-state index contributed by atoms with van der Waals surface area (Å²) in [6.45, 7) is 9.06. The van der Waals surface area contributed by atoms with E-state index in [0.29, 0.717) is 0 Å². The van der Waals surface area contributed by atoms with E-state index in [2.05, 4.69) is 20.1 Å². The third kappa shape index (κ3) is 10.6. The van der Waals surface area contributed by atoms with Gasteiger partial charge in [0.15, 0.2) is 12.6 Å².